The molecule has 92 valence electrons. The number of pyridine rings is 1. The van der Waals surface area contributed by atoms with Gasteiger partial charge in [-0.15, -0.1) is 0 Å². The van der Waals surface area contributed by atoms with Crippen LogP contribution in [-0.2, 0) is 5.41 Å². The highest BCUT2D eigenvalue weighted by atomic mass is 15.0. The van der Waals surface area contributed by atoms with Crippen LogP contribution in [0.25, 0.3) is 11.4 Å². The van der Waals surface area contributed by atoms with E-state index in [0.717, 1.165) is 35.7 Å². The van der Waals surface area contributed by atoms with Crippen molar-refractivity contribution in [2.75, 3.05) is 6.54 Å². The van der Waals surface area contributed by atoms with Gasteiger partial charge in [-0.3, -0.25) is 4.98 Å². The van der Waals surface area contributed by atoms with Crippen molar-refractivity contribution in [3.63, 3.8) is 0 Å². The third-order valence-corrected chi connectivity index (χ3v) is 3.50. The molecule has 0 bridgehead atoms. The van der Waals surface area contributed by atoms with Gasteiger partial charge in [0.15, 0.2) is 0 Å². The van der Waals surface area contributed by atoms with Crippen molar-refractivity contribution >= 4 is 0 Å². The molecule has 0 atom stereocenters. The van der Waals surface area contributed by atoms with Crippen molar-refractivity contribution in [1.29, 1.82) is 0 Å². The van der Waals surface area contributed by atoms with Gasteiger partial charge in [0.1, 0.15) is 5.82 Å². The highest BCUT2D eigenvalue weighted by Gasteiger charge is 2.46. The molecule has 1 saturated carbocycles. The van der Waals surface area contributed by atoms with E-state index in [9.17, 15) is 0 Å². The standard InChI is InChI=1S/C14H16N4/c1-10-8-12(11-4-2-3-7-16-11)18-13(17-10)14(9-15)5-6-14/h2-4,7-8H,5-6,9,15H2,1H3. The molecule has 18 heavy (non-hydrogen) atoms. The Kier molecular flexibility index (Phi) is 2.59. The molecule has 0 unspecified atom stereocenters. The summed E-state index contributed by atoms with van der Waals surface area (Å²) in [7, 11) is 0. The van der Waals surface area contributed by atoms with Crippen LogP contribution in [0.3, 0.4) is 0 Å². The summed E-state index contributed by atoms with van der Waals surface area (Å²) in [6.45, 7) is 2.61. The van der Waals surface area contributed by atoms with Crippen LogP contribution in [0.1, 0.15) is 24.4 Å². The van der Waals surface area contributed by atoms with Crippen LogP contribution in [0.5, 0.6) is 0 Å². The lowest BCUT2D eigenvalue weighted by atomic mass is 10.1. The topological polar surface area (TPSA) is 64.7 Å². The Hall–Kier alpha value is -1.81. The summed E-state index contributed by atoms with van der Waals surface area (Å²) in [6.07, 6.45) is 3.96. The molecule has 1 aliphatic rings. The lowest BCUT2D eigenvalue weighted by Gasteiger charge is -2.12. The SMILES string of the molecule is Cc1cc(-c2ccccn2)nc(C2(CN)CC2)n1. The smallest absolute Gasteiger partial charge is 0.136 e. The molecule has 0 aromatic carbocycles. The van der Waals surface area contributed by atoms with Crippen LogP contribution in [-0.4, -0.2) is 21.5 Å². The van der Waals surface area contributed by atoms with Crippen LogP contribution in [0, 0.1) is 6.92 Å². The Labute approximate surface area is 106 Å². The Morgan fingerprint density at radius 2 is 2.06 bits per heavy atom. The third-order valence-electron chi connectivity index (χ3n) is 3.50. The van der Waals surface area contributed by atoms with Crippen molar-refractivity contribution in [2.45, 2.75) is 25.2 Å². The minimum atomic E-state index is 0.0234. The minimum absolute atomic E-state index is 0.0234. The first kappa shape index (κ1) is 11.3. The second kappa shape index (κ2) is 4.14. The molecule has 1 aliphatic carbocycles. The van der Waals surface area contributed by atoms with E-state index in [1.54, 1.807) is 6.20 Å². The second-order valence-corrected chi connectivity index (χ2v) is 4.92. The summed E-state index contributed by atoms with van der Waals surface area (Å²) in [5.74, 6) is 0.880. The molecule has 0 amide bonds. The van der Waals surface area contributed by atoms with Crippen molar-refractivity contribution in [3.05, 3.63) is 42.0 Å². The Morgan fingerprint density at radius 3 is 2.67 bits per heavy atom. The normalized spacial score (nSPS) is 16.6. The summed E-state index contributed by atoms with van der Waals surface area (Å²) < 4.78 is 0. The van der Waals surface area contributed by atoms with Crippen molar-refractivity contribution in [2.24, 2.45) is 5.73 Å². The fourth-order valence-electron chi connectivity index (χ4n) is 2.12. The molecule has 0 saturated heterocycles. The van der Waals surface area contributed by atoms with Crippen LogP contribution < -0.4 is 5.73 Å². The molecule has 3 rings (SSSR count). The largest absolute Gasteiger partial charge is 0.329 e. The van der Waals surface area contributed by atoms with Gasteiger partial charge < -0.3 is 5.73 Å². The maximum Gasteiger partial charge on any atom is 0.136 e. The zero-order valence-electron chi connectivity index (χ0n) is 10.4. The molecule has 2 aromatic rings. The molecule has 0 aliphatic heterocycles. The van der Waals surface area contributed by atoms with Crippen molar-refractivity contribution in [1.82, 2.24) is 15.0 Å². The van der Waals surface area contributed by atoms with Gasteiger partial charge in [-0.25, -0.2) is 9.97 Å². The van der Waals surface area contributed by atoms with Gasteiger partial charge in [0.25, 0.3) is 0 Å². The molecule has 1 fully saturated rings. The molecule has 4 heteroatoms. The van der Waals surface area contributed by atoms with Gasteiger partial charge in [0.2, 0.25) is 0 Å². The number of aryl methyl sites for hydroxylation is 1. The quantitative estimate of drug-likeness (QED) is 0.889. The fourth-order valence-corrected chi connectivity index (χ4v) is 2.12. The first-order valence-corrected chi connectivity index (χ1v) is 6.21. The fraction of sp³-hybridized carbons (Fsp3) is 0.357. The lowest BCUT2D eigenvalue weighted by Crippen LogP contribution is -2.23. The van der Waals surface area contributed by atoms with Gasteiger partial charge in [0.05, 0.1) is 11.4 Å². The monoisotopic (exact) mass is 240 g/mol. The molecule has 2 heterocycles. The summed E-state index contributed by atoms with van der Waals surface area (Å²) in [5, 5.41) is 0. The Bertz CT molecular complexity index is 561. The maximum atomic E-state index is 5.84. The van der Waals surface area contributed by atoms with Gasteiger partial charge in [0, 0.05) is 23.9 Å². The van der Waals surface area contributed by atoms with E-state index in [4.69, 9.17) is 5.73 Å². The average Bonchev–Trinajstić information content (AvgIpc) is 3.20. The highest BCUT2D eigenvalue weighted by molar-refractivity contribution is 5.54. The van der Waals surface area contributed by atoms with Crippen molar-refractivity contribution in [3.8, 4) is 11.4 Å². The van der Waals surface area contributed by atoms with E-state index in [2.05, 4.69) is 15.0 Å². The van der Waals surface area contributed by atoms with Crippen LogP contribution in [0.4, 0.5) is 0 Å². The third kappa shape index (κ3) is 1.88. The van der Waals surface area contributed by atoms with Crippen LogP contribution >= 0.6 is 0 Å². The first-order chi connectivity index (χ1) is 8.73. The highest BCUT2D eigenvalue weighted by Crippen LogP contribution is 2.45. The van der Waals surface area contributed by atoms with E-state index >= 15 is 0 Å². The van der Waals surface area contributed by atoms with Crippen molar-refractivity contribution < 1.29 is 0 Å². The number of nitrogens with two attached hydrogens (primary N) is 1. The Morgan fingerprint density at radius 1 is 1.22 bits per heavy atom. The first-order valence-electron chi connectivity index (χ1n) is 6.21. The predicted molar refractivity (Wildman–Crippen MR) is 70.0 cm³/mol. The van der Waals surface area contributed by atoms with Gasteiger partial charge >= 0.3 is 0 Å². The summed E-state index contributed by atoms with van der Waals surface area (Å²) >= 11 is 0. The molecule has 4 nitrogen and oxygen atoms in total. The molecule has 2 aromatic heterocycles. The van der Waals surface area contributed by atoms with Gasteiger partial charge in [-0.05, 0) is 38.0 Å². The molecular formula is C14H16N4. The van der Waals surface area contributed by atoms with Gasteiger partial charge in [-0.1, -0.05) is 6.07 Å². The number of aromatic nitrogens is 3. The number of hydrogen-bond acceptors (Lipinski definition) is 4. The summed E-state index contributed by atoms with van der Waals surface area (Å²) in [4.78, 5) is 13.5. The van der Waals surface area contributed by atoms with E-state index in [-0.39, 0.29) is 5.41 Å². The maximum absolute atomic E-state index is 5.84. The second-order valence-electron chi connectivity index (χ2n) is 4.92. The van der Waals surface area contributed by atoms with Gasteiger partial charge in [-0.2, -0.15) is 0 Å². The van der Waals surface area contributed by atoms with Crippen LogP contribution in [0.2, 0.25) is 0 Å². The average molecular weight is 240 g/mol. The molecule has 2 N–H and O–H groups in total. The van der Waals surface area contributed by atoms with E-state index < -0.39 is 0 Å². The Balaban J connectivity index is 2.07. The zero-order chi connectivity index (χ0) is 12.6. The van der Waals surface area contributed by atoms with E-state index in [1.807, 2.05) is 31.2 Å². The predicted octanol–water partition coefficient (Wildman–Crippen LogP) is 1.84. The number of nitrogens with zero attached hydrogens (tertiary/aromatic N) is 3. The van der Waals surface area contributed by atoms with E-state index in [0.29, 0.717) is 6.54 Å². The van der Waals surface area contributed by atoms with E-state index in [1.165, 1.54) is 0 Å². The minimum Gasteiger partial charge on any atom is -0.329 e. The molecular weight excluding hydrogens is 224 g/mol. The van der Waals surface area contributed by atoms with Crippen LogP contribution in [0.15, 0.2) is 30.5 Å². The molecule has 0 radical (unpaired) electrons. The summed E-state index contributed by atoms with van der Waals surface area (Å²) in [6, 6.07) is 7.81. The number of rotatable bonds is 3. The number of hydrogen-bond donors (Lipinski definition) is 1. The summed E-state index contributed by atoms with van der Waals surface area (Å²) in [5.41, 5.74) is 8.61. The zero-order valence-corrected chi connectivity index (χ0v) is 10.4. The lowest BCUT2D eigenvalue weighted by molar-refractivity contribution is 0.646. The molecule has 0 spiro atoms.